The van der Waals surface area contributed by atoms with Gasteiger partial charge in [0.25, 0.3) is 5.09 Å². The maximum atomic E-state index is 12.9. The third kappa shape index (κ3) is 4.78. The summed E-state index contributed by atoms with van der Waals surface area (Å²) in [4.78, 5) is 27.7. The zero-order valence-corrected chi connectivity index (χ0v) is 16.8. The SMILES string of the molecule is CCOc1ccc(C2=NN(CCO[N+](=O)[O-])C(=O)[C@H]3CCCC[C@@H]23)cc1OCC. The molecule has 0 N–H and O–H groups in total. The summed E-state index contributed by atoms with van der Waals surface area (Å²) in [5.41, 5.74) is 1.70. The van der Waals surface area contributed by atoms with Gasteiger partial charge in [-0.15, -0.1) is 10.1 Å². The van der Waals surface area contributed by atoms with Crippen LogP contribution in [0.2, 0.25) is 0 Å². The maximum Gasteiger partial charge on any atom is 0.294 e. The summed E-state index contributed by atoms with van der Waals surface area (Å²) in [5, 5.41) is 15.5. The van der Waals surface area contributed by atoms with Crippen molar-refractivity contribution < 1.29 is 24.2 Å². The molecule has 0 radical (unpaired) electrons. The Hall–Kier alpha value is -2.84. The van der Waals surface area contributed by atoms with E-state index in [2.05, 4.69) is 9.94 Å². The highest BCUT2D eigenvalue weighted by molar-refractivity contribution is 6.07. The van der Waals surface area contributed by atoms with Crippen LogP contribution in [0.15, 0.2) is 23.3 Å². The first-order valence-corrected chi connectivity index (χ1v) is 10.1. The number of hydrogen-bond donors (Lipinski definition) is 0. The number of rotatable bonds is 9. The molecule has 2 aliphatic rings. The minimum atomic E-state index is -0.858. The van der Waals surface area contributed by atoms with Gasteiger partial charge >= 0.3 is 0 Å². The Morgan fingerprint density at radius 2 is 1.83 bits per heavy atom. The summed E-state index contributed by atoms with van der Waals surface area (Å²) in [6, 6.07) is 5.70. The second-order valence-electron chi connectivity index (χ2n) is 7.03. The largest absolute Gasteiger partial charge is 0.490 e. The second-order valence-corrected chi connectivity index (χ2v) is 7.03. The maximum absolute atomic E-state index is 12.9. The van der Waals surface area contributed by atoms with Crippen molar-refractivity contribution in [3.63, 3.8) is 0 Å². The Kier molecular flexibility index (Phi) is 6.90. The Morgan fingerprint density at radius 1 is 1.14 bits per heavy atom. The zero-order valence-electron chi connectivity index (χ0n) is 16.8. The molecule has 1 aliphatic carbocycles. The van der Waals surface area contributed by atoms with Gasteiger partial charge < -0.3 is 14.3 Å². The van der Waals surface area contributed by atoms with Gasteiger partial charge in [0.15, 0.2) is 11.5 Å². The van der Waals surface area contributed by atoms with E-state index in [1.54, 1.807) is 0 Å². The number of fused-ring (bicyclic) bond motifs is 1. The van der Waals surface area contributed by atoms with E-state index in [4.69, 9.17) is 9.47 Å². The Morgan fingerprint density at radius 3 is 2.52 bits per heavy atom. The molecule has 1 aliphatic heterocycles. The molecule has 0 bridgehead atoms. The molecule has 0 spiro atoms. The van der Waals surface area contributed by atoms with Crippen LogP contribution in [-0.2, 0) is 9.63 Å². The highest BCUT2D eigenvalue weighted by Crippen LogP contribution is 2.39. The molecular formula is C20H27N3O6. The number of ether oxygens (including phenoxy) is 2. The lowest BCUT2D eigenvalue weighted by Crippen LogP contribution is -2.47. The van der Waals surface area contributed by atoms with E-state index in [1.807, 2.05) is 32.0 Å². The molecule has 1 amide bonds. The summed E-state index contributed by atoms with van der Waals surface area (Å²) >= 11 is 0. The van der Waals surface area contributed by atoms with Crippen molar-refractivity contribution in [2.75, 3.05) is 26.4 Å². The van der Waals surface area contributed by atoms with E-state index in [0.717, 1.165) is 37.0 Å². The average molecular weight is 405 g/mol. The van der Waals surface area contributed by atoms with Crippen LogP contribution in [0.1, 0.15) is 45.1 Å². The van der Waals surface area contributed by atoms with Crippen LogP contribution in [0.25, 0.3) is 0 Å². The predicted molar refractivity (Wildman–Crippen MR) is 105 cm³/mol. The zero-order chi connectivity index (χ0) is 20.8. The first-order valence-electron chi connectivity index (χ1n) is 10.1. The molecule has 3 rings (SSSR count). The van der Waals surface area contributed by atoms with Crippen LogP contribution in [0.3, 0.4) is 0 Å². The molecule has 1 aromatic rings. The number of carbonyl (C=O) groups excluding carboxylic acids is 1. The van der Waals surface area contributed by atoms with Gasteiger partial charge in [0.2, 0.25) is 5.91 Å². The Labute approximate surface area is 169 Å². The number of benzene rings is 1. The molecule has 0 saturated heterocycles. The first-order chi connectivity index (χ1) is 14.0. The smallest absolute Gasteiger partial charge is 0.294 e. The van der Waals surface area contributed by atoms with E-state index < -0.39 is 5.09 Å². The quantitative estimate of drug-likeness (QED) is 0.462. The third-order valence-corrected chi connectivity index (χ3v) is 5.26. The van der Waals surface area contributed by atoms with Crippen LogP contribution in [0, 0.1) is 22.0 Å². The van der Waals surface area contributed by atoms with Crippen molar-refractivity contribution >= 4 is 11.6 Å². The highest BCUT2D eigenvalue weighted by atomic mass is 16.9. The van der Waals surface area contributed by atoms with Crippen molar-refractivity contribution in [3.05, 3.63) is 33.9 Å². The summed E-state index contributed by atoms with van der Waals surface area (Å²) < 4.78 is 11.4. The monoisotopic (exact) mass is 405 g/mol. The molecule has 9 heteroatoms. The van der Waals surface area contributed by atoms with E-state index in [0.29, 0.717) is 24.7 Å². The fourth-order valence-electron chi connectivity index (χ4n) is 4.04. The lowest BCUT2D eigenvalue weighted by atomic mass is 9.73. The van der Waals surface area contributed by atoms with E-state index >= 15 is 0 Å². The molecule has 2 atom stereocenters. The van der Waals surface area contributed by atoms with Gasteiger partial charge in [-0.1, -0.05) is 12.8 Å². The summed E-state index contributed by atoms with van der Waals surface area (Å²) in [6.07, 6.45) is 3.73. The van der Waals surface area contributed by atoms with Crippen molar-refractivity contribution in [2.45, 2.75) is 39.5 Å². The summed E-state index contributed by atoms with van der Waals surface area (Å²) in [5.74, 6) is 1.11. The van der Waals surface area contributed by atoms with Gasteiger partial charge in [0.1, 0.15) is 6.61 Å². The third-order valence-electron chi connectivity index (χ3n) is 5.26. The Bertz CT molecular complexity index is 781. The minimum Gasteiger partial charge on any atom is -0.490 e. The van der Waals surface area contributed by atoms with Crippen LogP contribution in [0.4, 0.5) is 0 Å². The normalized spacial score (nSPS) is 21.2. The number of hydrazone groups is 1. The van der Waals surface area contributed by atoms with E-state index in [-0.39, 0.29) is 30.9 Å². The lowest BCUT2D eigenvalue weighted by molar-refractivity contribution is -0.757. The second kappa shape index (κ2) is 9.58. The number of hydrogen-bond acceptors (Lipinski definition) is 7. The molecular weight excluding hydrogens is 378 g/mol. The van der Waals surface area contributed by atoms with Gasteiger partial charge in [-0.3, -0.25) is 4.79 Å². The van der Waals surface area contributed by atoms with Gasteiger partial charge in [-0.25, -0.2) is 5.01 Å². The summed E-state index contributed by atoms with van der Waals surface area (Å²) in [6.45, 7) is 4.70. The molecule has 1 fully saturated rings. The van der Waals surface area contributed by atoms with Crippen molar-refractivity contribution in [1.82, 2.24) is 5.01 Å². The standard InChI is InChI=1S/C20H27N3O6/c1-3-27-17-10-9-14(13-18(17)28-4-2)19-15-7-5-6-8-16(15)20(24)22(21-19)11-12-29-23(25)26/h9-10,13,15-16H,3-8,11-12H2,1-2H3/t15-,16+/m1/s1. The predicted octanol–water partition coefficient (Wildman–Crippen LogP) is 3.05. The van der Waals surface area contributed by atoms with Crippen molar-refractivity contribution in [3.8, 4) is 11.5 Å². The van der Waals surface area contributed by atoms with Gasteiger partial charge in [-0.05, 0) is 44.9 Å². The molecule has 29 heavy (non-hydrogen) atoms. The van der Waals surface area contributed by atoms with Gasteiger partial charge in [0, 0.05) is 17.4 Å². The molecule has 1 aromatic carbocycles. The van der Waals surface area contributed by atoms with Gasteiger partial charge in [-0.2, -0.15) is 5.10 Å². The molecule has 9 nitrogen and oxygen atoms in total. The number of amides is 1. The van der Waals surface area contributed by atoms with Crippen LogP contribution >= 0.6 is 0 Å². The molecule has 0 aromatic heterocycles. The topological polar surface area (TPSA) is 104 Å². The van der Waals surface area contributed by atoms with Gasteiger partial charge in [0.05, 0.1) is 25.5 Å². The Balaban J connectivity index is 1.93. The molecule has 0 unspecified atom stereocenters. The van der Waals surface area contributed by atoms with Crippen molar-refractivity contribution in [1.29, 1.82) is 0 Å². The van der Waals surface area contributed by atoms with E-state index in [9.17, 15) is 14.9 Å². The summed E-state index contributed by atoms with van der Waals surface area (Å²) in [7, 11) is 0. The number of carbonyl (C=O) groups is 1. The minimum absolute atomic E-state index is 0.0383. The average Bonchev–Trinajstić information content (AvgIpc) is 2.71. The lowest BCUT2D eigenvalue weighted by Gasteiger charge is -2.38. The molecule has 1 heterocycles. The highest BCUT2D eigenvalue weighted by Gasteiger charge is 2.41. The van der Waals surface area contributed by atoms with Crippen LogP contribution < -0.4 is 9.47 Å². The first kappa shape index (κ1) is 20.9. The number of nitrogens with zero attached hydrogens (tertiary/aromatic N) is 3. The van der Waals surface area contributed by atoms with E-state index in [1.165, 1.54) is 5.01 Å². The molecule has 1 saturated carbocycles. The van der Waals surface area contributed by atoms with Crippen molar-refractivity contribution in [2.24, 2.45) is 16.9 Å². The molecule has 158 valence electrons. The fraction of sp³-hybridized carbons (Fsp3) is 0.600. The van der Waals surface area contributed by atoms with Crippen LogP contribution in [0.5, 0.6) is 11.5 Å². The van der Waals surface area contributed by atoms with Crippen LogP contribution in [-0.4, -0.2) is 48.1 Å². The fourth-order valence-corrected chi connectivity index (χ4v) is 4.04.